The van der Waals surface area contributed by atoms with Crippen LogP contribution < -0.4 is 5.73 Å². The van der Waals surface area contributed by atoms with Crippen molar-refractivity contribution in [3.63, 3.8) is 0 Å². The predicted molar refractivity (Wildman–Crippen MR) is 64.6 cm³/mol. The molecule has 0 radical (unpaired) electrons. The highest BCUT2D eigenvalue weighted by Crippen LogP contribution is 2.22. The molecule has 0 amide bonds. The first-order chi connectivity index (χ1) is 7.58. The zero-order valence-electron chi connectivity index (χ0n) is 8.11. The van der Waals surface area contributed by atoms with Gasteiger partial charge < -0.3 is 5.73 Å². The summed E-state index contributed by atoms with van der Waals surface area (Å²) in [6.07, 6.45) is 3.17. The second-order valence-electron chi connectivity index (χ2n) is 3.18. The molecule has 4 nitrogen and oxygen atoms in total. The van der Waals surface area contributed by atoms with Gasteiger partial charge in [0.15, 0.2) is 0 Å². The highest BCUT2D eigenvalue weighted by molar-refractivity contribution is 6.33. The van der Waals surface area contributed by atoms with Gasteiger partial charge in [-0.2, -0.15) is 5.10 Å². The van der Waals surface area contributed by atoms with E-state index < -0.39 is 0 Å². The Labute approximate surface area is 102 Å². The Hall–Kier alpha value is -1.52. The number of hydrogen-bond donors (Lipinski definition) is 2. The number of hydrogen-bond acceptors (Lipinski definition) is 2. The Kier molecular flexibility index (Phi) is 2.85. The van der Waals surface area contributed by atoms with E-state index in [9.17, 15) is 0 Å². The molecule has 0 saturated heterocycles. The standard InChI is InChI=1S/C10H8Cl2N4/c11-7-4-15-16(5-7)9-2-1-6(10(13)14)3-8(9)12/h1-5H,(H3,13,14). The van der Waals surface area contributed by atoms with Gasteiger partial charge in [-0.25, -0.2) is 4.68 Å². The van der Waals surface area contributed by atoms with Crippen LogP contribution in [0.4, 0.5) is 0 Å². The average Bonchev–Trinajstić information content (AvgIpc) is 2.64. The van der Waals surface area contributed by atoms with E-state index in [1.165, 1.54) is 6.20 Å². The average molecular weight is 255 g/mol. The lowest BCUT2D eigenvalue weighted by atomic mass is 10.2. The minimum Gasteiger partial charge on any atom is -0.384 e. The highest BCUT2D eigenvalue weighted by Gasteiger charge is 2.06. The second-order valence-corrected chi connectivity index (χ2v) is 4.03. The van der Waals surface area contributed by atoms with Crippen molar-refractivity contribution in [3.05, 3.63) is 46.2 Å². The van der Waals surface area contributed by atoms with E-state index in [4.69, 9.17) is 34.3 Å². The van der Waals surface area contributed by atoms with Gasteiger partial charge in [-0.1, -0.05) is 23.2 Å². The van der Waals surface area contributed by atoms with Crippen molar-refractivity contribution in [3.8, 4) is 5.69 Å². The summed E-state index contributed by atoms with van der Waals surface area (Å²) in [5, 5.41) is 12.3. The Balaban J connectivity index is 2.47. The fraction of sp³-hybridized carbons (Fsp3) is 0. The molecular weight excluding hydrogens is 247 g/mol. The lowest BCUT2D eigenvalue weighted by Gasteiger charge is -2.05. The molecule has 1 heterocycles. The van der Waals surface area contributed by atoms with Crippen LogP contribution in [0.15, 0.2) is 30.6 Å². The van der Waals surface area contributed by atoms with Gasteiger partial charge >= 0.3 is 0 Å². The van der Waals surface area contributed by atoms with Crippen LogP contribution in [-0.2, 0) is 0 Å². The first kappa shape index (κ1) is 11.0. The number of aromatic nitrogens is 2. The quantitative estimate of drug-likeness (QED) is 0.639. The molecule has 1 aromatic carbocycles. The highest BCUT2D eigenvalue weighted by atomic mass is 35.5. The van der Waals surface area contributed by atoms with Crippen molar-refractivity contribution < 1.29 is 0 Å². The Morgan fingerprint density at radius 3 is 2.62 bits per heavy atom. The molecule has 16 heavy (non-hydrogen) atoms. The second kappa shape index (κ2) is 4.15. The number of nitrogens with zero attached hydrogens (tertiary/aromatic N) is 2. The molecule has 0 aliphatic carbocycles. The summed E-state index contributed by atoms with van der Waals surface area (Å²) in [5.41, 5.74) is 6.63. The Bertz CT molecular complexity index is 548. The van der Waals surface area contributed by atoms with Crippen LogP contribution in [0.1, 0.15) is 5.56 Å². The predicted octanol–water partition coefficient (Wildman–Crippen LogP) is 2.46. The van der Waals surface area contributed by atoms with Crippen LogP contribution >= 0.6 is 23.2 Å². The SMILES string of the molecule is N=C(N)c1ccc(-n2cc(Cl)cn2)c(Cl)c1. The van der Waals surface area contributed by atoms with E-state index in [0.717, 1.165) is 0 Å². The van der Waals surface area contributed by atoms with E-state index in [1.54, 1.807) is 29.1 Å². The van der Waals surface area contributed by atoms with E-state index in [1.807, 2.05) is 0 Å². The minimum absolute atomic E-state index is 0.0213. The molecule has 82 valence electrons. The zero-order chi connectivity index (χ0) is 11.7. The maximum absolute atomic E-state index is 7.29. The summed E-state index contributed by atoms with van der Waals surface area (Å²) in [6.45, 7) is 0. The van der Waals surface area contributed by atoms with Crippen molar-refractivity contribution in [1.29, 1.82) is 5.41 Å². The molecule has 0 aliphatic rings. The number of nitrogens with two attached hydrogens (primary N) is 1. The number of nitrogens with one attached hydrogen (secondary N) is 1. The van der Waals surface area contributed by atoms with E-state index in [2.05, 4.69) is 5.10 Å². The van der Waals surface area contributed by atoms with Crippen LogP contribution in [0.2, 0.25) is 10.0 Å². The molecule has 6 heteroatoms. The van der Waals surface area contributed by atoms with Crippen LogP contribution in [0, 0.1) is 5.41 Å². The molecule has 0 spiro atoms. The monoisotopic (exact) mass is 254 g/mol. The molecule has 0 bridgehead atoms. The number of amidine groups is 1. The molecule has 3 N–H and O–H groups in total. The van der Waals surface area contributed by atoms with E-state index in [0.29, 0.717) is 21.3 Å². The zero-order valence-corrected chi connectivity index (χ0v) is 9.63. The molecule has 1 aromatic heterocycles. The largest absolute Gasteiger partial charge is 0.384 e. The number of nitrogen functional groups attached to an aromatic ring is 1. The fourth-order valence-corrected chi connectivity index (χ4v) is 1.70. The molecule has 2 rings (SSSR count). The van der Waals surface area contributed by atoms with Gasteiger partial charge in [-0.05, 0) is 18.2 Å². The van der Waals surface area contributed by atoms with Gasteiger partial charge in [-0.3, -0.25) is 5.41 Å². The van der Waals surface area contributed by atoms with Crippen molar-refractivity contribution in [1.82, 2.24) is 9.78 Å². The third-order valence-corrected chi connectivity index (χ3v) is 2.55. The summed E-state index contributed by atoms with van der Waals surface area (Å²) < 4.78 is 1.56. The maximum atomic E-state index is 7.29. The molecule has 0 atom stereocenters. The third kappa shape index (κ3) is 2.03. The first-order valence-electron chi connectivity index (χ1n) is 4.42. The van der Waals surface area contributed by atoms with Crippen molar-refractivity contribution in [2.24, 2.45) is 5.73 Å². The summed E-state index contributed by atoms with van der Waals surface area (Å²) in [7, 11) is 0. The van der Waals surface area contributed by atoms with Gasteiger partial charge in [0.1, 0.15) is 5.84 Å². The van der Waals surface area contributed by atoms with Gasteiger partial charge in [-0.15, -0.1) is 0 Å². The Morgan fingerprint density at radius 2 is 2.12 bits per heavy atom. The van der Waals surface area contributed by atoms with Crippen LogP contribution in [0.3, 0.4) is 0 Å². The lowest BCUT2D eigenvalue weighted by Crippen LogP contribution is -2.11. The van der Waals surface area contributed by atoms with Gasteiger partial charge in [0.05, 0.1) is 21.9 Å². The topological polar surface area (TPSA) is 67.7 Å². The molecule has 0 unspecified atom stereocenters. The number of halogens is 2. The van der Waals surface area contributed by atoms with Crippen LogP contribution in [0.5, 0.6) is 0 Å². The minimum atomic E-state index is -0.0213. The van der Waals surface area contributed by atoms with E-state index in [-0.39, 0.29) is 5.84 Å². The summed E-state index contributed by atoms with van der Waals surface area (Å²) in [4.78, 5) is 0. The van der Waals surface area contributed by atoms with E-state index >= 15 is 0 Å². The fourth-order valence-electron chi connectivity index (χ4n) is 1.29. The lowest BCUT2D eigenvalue weighted by molar-refractivity contribution is 0.880. The smallest absolute Gasteiger partial charge is 0.122 e. The number of benzene rings is 1. The molecule has 2 aromatic rings. The molecule has 0 fully saturated rings. The van der Waals surface area contributed by atoms with Crippen LogP contribution in [-0.4, -0.2) is 15.6 Å². The summed E-state index contributed by atoms with van der Waals surface area (Å²) in [5.74, 6) is -0.0213. The van der Waals surface area contributed by atoms with Crippen LogP contribution in [0.25, 0.3) is 5.69 Å². The normalized spacial score (nSPS) is 10.4. The third-order valence-electron chi connectivity index (χ3n) is 2.06. The van der Waals surface area contributed by atoms with Gasteiger partial charge in [0, 0.05) is 11.8 Å². The maximum Gasteiger partial charge on any atom is 0.122 e. The number of rotatable bonds is 2. The van der Waals surface area contributed by atoms with Gasteiger partial charge in [0.2, 0.25) is 0 Å². The first-order valence-corrected chi connectivity index (χ1v) is 5.18. The van der Waals surface area contributed by atoms with Crippen molar-refractivity contribution in [2.75, 3.05) is 0 Å². The Morgan fingerprint density at radius 1 is 1.38 bits per heavy atom. The molecular formula is C10H8Cl2N4. The van der Waals surface area contributed by atoms with Gasteiger partial charge in [0.25, 0.3) is 0 Å². The summed E-state index contributed by atoms with van der Waals surface area (Å²) in [6, 6.07) is 5.07. The van der Waals surface area contributed by atoms with Crippen molar-refractivity contribution >= 4 is 29.0 Å². The summed E-state index contributed by atoms with van der Waals surface area (Å²) >= 11 is 11.8. The van der Waals surface area contributed by atoms with Crippen molar-refractivity contribution in [2.45, 2.75) is 0 Å². The molecule has 0 saturated carbocycles. The molecule has 0 aliphatic heterocycles.